The van der Waals surface area contributed by atoms with Crippen LogP contribution in [0.3, 0.4) is 0 Å². The third-order valence-electron chi connectivity index (χ3n) is 4.23. The van der Waals surface area contributed by atoms with Gasteiger partial charge in [0.1, 0.15) is 17.1 Å². The topological polar surface area (TPSA) is 106 Å². The average Bonchev–Trinajstić information content (AvgIpc) is 3.29. The minimum atomic E-state index is -0.540. The molecule has 144 valence electrons. The van der Waals surface area contributed by atoms with Gasteiger partial charge < -0.3 is 4.42 Å². The first kappa shape index (κ1) is 18.9. The molecule has 9 heteroatoms. The first-order chi connectivity index (χ1) is 13.9. The minimum Gasteiger partial charge on any atom is -0.457 e. The Bertz CT molecular complexity index is 1170. The number of nitro groups is 1. The molecule has 2 heterocycles. The van der Waals surface area contributed by atoms with E-state index in [9.17, 15) is 19.7 Å². The molecule has 0 unspecified atom stereocenters. The number of benzene rings is 2. The third kappa shape index (κ3) is 3.76. The maximum Gasteiger partial charge on any atom is 0.282 e. The highest BCUT2D eigenvalue weighted by atomic mass is 127. The lowest BCUT2D eigenvalue weighted by atomic mass is 10.1. The molecular formula is C20H12IN3O5. The van der Waals surface area contributed by atoms with Gasteiger partial charge in [0.05, 0.1) is 10.6 Å². The van der Waals surface area contributed by atoms with E-state index in [4.69, 9.17) is 4.42 Å². The Kier molecular flexibility index (Phi) is 4.89. The summed E-state index contributed by atoms with van der Waals surface area (Å²) in [5.74, 6) is -0.360. The highest BCUT2D eigenvalue weighted by molar-refractivity contribution is 14.1. The van der Waals surface area contributed by atoms with E-state index < -0.39 is 16.7 Å². The van der Waals surface area contributed by atoms with Gasteiger partial charge in [-0.1, -0.05) is 12.1 Å². The van der Waals surface area contributed by atoms with Crippen molar-refractivity contribution in [2.24, 2.45) is 0 Å². The standard InChI is InChI=1S/C20H12IN3O5/c21-13-4-6-14(7-5-13)23-20(26)17(19(25)22-23)11-16-8-9-18(29-16)12-2-1-3-15(10-12)24(27)28/h1-11H,(H,22,25)/b17-11-. The molecule has 1 saturated heterocycles. The Morgan fingerprint density at radius 2 is 1.83 bits per heavy atom. The number of hydrogen-bond donors (Lipinski definition) is 1. The molecule has 0 atom stereocenters. The van der Waals surface area contributed by atoms with Crippen molar-refractivity contribution in [3.8, 4) is 11.3 Å². The van der Waals surface area contributed by atoms with Gasteiger partial charge in [-0.15, -0.1) is 0 Å². The van der Waals surface area contributed by atoms with E-state index in [0.29, 0.717) is 17.0 Å². The van der Waals surface area contributed by atoms with Crippen molar-refractivity contribution in [1.29, 1.82) is 0 Å². The van der Waals surface area contributed by atoms with E-state index in [1.807, 2.05) is 12.1 Å². The van der Waals surface area contributed by atoms with Gasteiger partial charge in [-0.2, -0.15) is 0 Å². The summed E-state index contributed by atoms with van der Waals surface area (Å²) in [5.41, 5.74) is 3.47. The summed E-state index contributed by atoms with van der Waals surface area (Å²) < 4.78 is 6.67. The Labute approximate surface area is 178 Å². The number of non-ortho nitro benzene ring substituents is 1. The quantitative estimate of drug-likeness (QED) is 0.192. The SMILES string of the molecule is O=C1NN(c2ccc(I)cc2)C(=O)/C1=C\c1ccc(-c2cccc([N+](=O)[O-])c2)o1. The smallest absolute Gasteiger partial charge is 0.282 e. The summed E-state index contributed by atoms with van der Waals surface area (Å²) in [4.78, 5) is 35.4. The number of furan rings is 1. The molecule has 0 radical (unpaired) electrons. The Morgan fingerprint density at radius 3 is 2.55 bits per heavy atom. The predicted molar refractivity (Wildman–Crippen MR) is 114 cm³/mol. The zero-order valence-electron chi connectivity index (χ0n) is 14.7. The van der Waals surface area contributed by atoms with Gasteiger partial charge in [0.15, 0.2) is 0 Å². The number of hydrogen-bond acceptors (Lipinski definition) is 5. The van der Waals surface area contributed by atoms with Crippen molar-refractivity contribution in [3.05, 3.63) is 85.7 Å². The second-order valence-corrected chi connectivity index (χ2v) is 7.37. The molecule has 1 aliphatic heterocycles. The minimum absolute atomic E-state index is 0.0580. The lowest BCUT2D eigenvalue weighted by molar-refractivity contribution is -0.384. The van der Waals surface area contributed by atoms with Gasteiger partial charge in [0.2, 0.25) is 0 Å². The molecule has 2 amide bonds. The predicted octanol–water partition coefficient (Wildman–Crippen LogP) is 3.92. The fourth-order valence-corrected chi connectivity index (χ4v) is 3.19. The third-order valence-corrected chi connectivity index (χ3v) is 4.95. The van der Waals surface area contributed by atoms with Crippen LogP contribution in [-0.2, 0) is 9.59 Å². The lowest BCUT2D eigenvalue weighted by Crippen LogP contribution is -2.35. The molecule has 0 aliphatic carbocycles. The van der Waals surface area contributed by atoms with Crippen molar-refractivity contribution < 1.29 is 18.9 Å². The summed E-state index contributed by atoms with van der Waals surface area (Å²) >= 11 is 2.15. The van der Waals surface area contributed by atoms with E-state index in [-0.39, 0.29) is 17.0 Å². The Morgan fingerprint density at radius 1 is 1.07 bits per heavy atom. The molecule has 2 aromatic carbocycles. The normalized spacial score (nSPS) is 15.1. The molecule has 3 aromatic rings. The Hall–Kier alpha value is -3.47. The van der Waals surface area contributed by atoms with Crippen LogP contribution in [0.25, 0.3) is 17.4 Å². The largest absolute Gasteiger partial charge is 0.457 e. The number of amides is 2. The van der Waals surface area contributed by atoms with Crippen LogP contribution in [0.4, 0.5) is 11.4 Å². The lowest BCUT2D eigenvalue weighted by Gasteiger charge is -2.14. The molecule has 1 aromatic heterocycles. The number of hydrazine groups is 1. The molecule has 0 bridgehead atoms. The van der Waals surface area contributed by atoms with Crippen molar-refractivity contribution in [2.45, 2.75) is 0 Å². The maximum absolute atomic E-state index is 12.7. The fourth-order valence-electron chi connectivity index (χ4n) is 2.83. The molecule has 1 N–H and O–H groups in total. The second kappa shape index (κ2) is 7.51. The van der Waals surface area contributed by atoms with Gasteiger partial charge in [0, 0.05) is 21.3 Å². The average molecular weight is 501 g/mol. The van der Waals surface area contributed by atoms with Crippen molar-refractivity contribution >= 4 is 51.9 Å². The van der Waals surface area contributed by atoms with Crippen molar-refractivity contribution in [1.82, 2.24) is 5.43 Å². The second-order valence-electron chi connectivity index (χ2n) is 6.13. The number of rotatable bonds is 4. The molecule has 1 aliphatic rings. The van der Waals surface area contributed by atoms with Crippen LogP contribution < -0.4 is 10.4 Å². The van der Waals surface area contributed by atoms with Crippen molar-refractivity contribution in [2.75, 3.05) is 5.01 Å². The maximum atomic E-state index is 12.7. The van der Waals surface area contributed by atoms with E-state index in [0.717, 1.165) is 3.57 Å². The summed E-state index contributed by atoms with van der Waals surface area (Å²) in [6.07, 6.45) is 1.35. The summed E-state index contributed by atoms with van der Waals surface area (Å²) in [6.45, 7) is 0. The highest BCUT2D eigenvalue weighted by Gasteiger charge is 2.34. The van der Waals surface area contributed by atoms with Crippen LogP contribution in [0.2, 0.25) is 0 Å². The van der Waals surface area contributed by atoms with Crippen LogP contribution in [-0.4, -0.2) is 16.7 Å². The van der Waals surface area contributed by atoms with E-state index in [2.05, 4.69) is 28.0 Å². The first-order valence-corrected chi connectivity index (χ1v) is 9.47. The first-order valence-electron chi connectivity index (χ1n) is 8.40. The molecular weight excluding hydrogens is 489 g/mol. The molecule has 0 saturated carbocycles. The van der Waals surface area contributed by atoms with Gasteiger partial charge in [-0.25, -0.2) is 5.01 Å². The number of anilines is 1. The van der Waals surface area contributed by atoms with Crippen LogP contribution >= 0.6 is 22.6 Å². The van der Waals surface area contributed by atoms with Crippen LogP contribution in [0.5, 0.6) is 0 Å². The number of nitrogens with one attached hydrogen (secondary N) is 1. The Balaban J connectivity index is 1.61. The number of carbonyl (C=O) groups is 2. The molecule has 4 rings (SSSR count). The fraction of sp³-hybridized carbons (Fsp3) is 0. The number of carbonyl (C=O) groups excluding carboxylic acids is 2. The van der Waals surface area contributed by atoms with E-state index in [1.54, 1.807) is 36.4 Å². The monoisotopic (exact) mass is 501 g/mol. The highest BCUT2D eigenvalue weighted by Crippen LogP contribution is 2.28. The summed E-state index contributed by atoms with van der Waals surface area (Å²) in [7, 11) is 0. The van der Waals surface area contributed by atoms with Gasteiger partial charge in [0.25, 0.3) is 17.5 Å². The van der Waals surface area contributed by atoms with Crippen LogP contribution in [0.15, 0.2) is 70.7 Å². The number of nitrogens with zero attached hydrogens (tertiary/aromatic N) is 2. The zero-order valence-corrected chi connectivity index (χ0v) is 16.8. The molecule has 1 fully saturated rings. The van der Waals surface area contributed by atoms with E-state index in [1.165, 1.54) is 23.2 Å². The number of halogens is 1. The van der Waals surface area contributed by atoms with Crippen molar-refractivity contribution in [3.63, 3.8) is 0 Å². The summed E-state index contributed by atoms with van der Waals surface area (Å²) in [5, 5.41) is 12.1. The van der Waals surface area contributed by atoms with Gasteiger partial charge >= 0.3 is 0 Å². The van der Waals surface area contributed by atoms with Gasteiger partial charge in [-0.05, 0) is 65.1 Å². The van der Waals surface area contributed by atoms with Gasteiger partial charge in [-0.3, -0.25) is 25.1 Å². The molecule has 0 spiro atoms. The number of nitro benzene ring substituents is 1. The molecule has 8 nitrogen and oxygen atoms in total. The van der Waals surface area contributed by atoms with E-state index >= 15 is 0 Å². The summed E-state index contributed by atoms with van der Waals surface area (Å²) in [6, 6.07) is 16.3. The zero-order chi connectivity index (χ0) is 20.5. The van der Waals surface area contributed by atoms with Crippen LogP contribution in [0.1, 0.15) is 5.76 Å². The molecule has 29 heavy (non-hydrogen) atoms. The van der Waals surface area contributed by atoms with Crippen LogP contribution in [0, 0.1) is 13.7 Å².